The smallest absolute Gasteiger partial charge is 0.307 e. The number of carboxylic acid groups (broad SMARTS) is 1. The zero-order chi connectivity index (χ0) is 13.2. The SMILES string of the molecule is CC(C(=O)O)C(C)N1CC(C(N)=O)CCC1C. The van der Waals surface area contributed by atoms with Crippen LogP contribution in [0, 0.1) is 11.8 Å². The summed E-state index contributed by atoms with van der Waals surface area (Å²) in [6.45, 7) is 6.25. The van der Waals surface area contributed by atoms with Gasteiger partial charge in [-0.1, -0.05) is 6.92 Å². The van der Waals surface area contributed by atoms with Crippen LogP contribution in [-0.2, 0) is 9.59 Å². The van der Waals surface area contributed by atoms with E-state index in [1.165, 1.54) is 0 Å². The first-order chi connectivity index (χ1) is 7.84. The fourth-order valence-corrected chi connectivity index (χ4v) is 2.43. The summed E-state index contributed by atoms with van der Waals surface area (Å²) in [6, 6.07) is 0.229. The van der Waals surface area contributed by atoms with Crippen LogP contribution in [0.4, 0.5) is 0 Å². The van der Waals surface area contributed by atoms with Crippen molar-refractivity contribution < 1.29 is 14.7 Å². The van der Waals surface area contributed by atoms with E-state index in [0.29, 0.717) is 12.6 Å². The van der Waals surface area contributed by atoms with Gasteiger partial charge in [-0.3, -0.25) is 14.5 Å². The van der Waals surface area contributed by atoms with Crippen molar-refractivity contribution in [3.63, 3.8) is 0 Å². The molecule has 5 heteroatoms. The lowest BCUT2D eigenvalue weighted by Crippen LogP contribution is -2.52. The van der Waals surface area contributed by atoms with Crippen LogP contribution in [0.25, 0.3) is 0 Å². The molecule has 0 aromatic heterocycles. The molecule has 0 aliphatic carbocycles. The molecular formula is C12H22N2O3. The molecule has 17 heavy (non-hydrogen) atoms. The first-order valence-electron chi connectivity index (χ1n) is 6.12. The third-order valence-electron chi connectivity index (χ3n) is 3.97. The second kappa shape index (κ2) is 5.49. The van der Waals surface area contributed by atoms with Gasteiger partial charge in [0.15, 0.2) is 0 Å². The summed E-state index contributed by atoms with van der Waals surface area (Å²) in [7, 11) is 0. The number of likely N-dealkylation sites (tertiary alicyclic amines) is 1. The summed E-state index contributed by atoms with van der Waals surface area (Å²) in [6.07, 6.45) is 1.70. The van der Waals surface area contributed by atoms with Crippen molar-refractivity contribution in [2.75, 3.05) is 6.54 Å². The largest absolute Gasteiger partial charge is 0.481 e. The Hall–Kier alpha value is -1.10. The van der Waals surface area contributed by atoms with Crippen molar-refractivity contribution in [3.05, 3.63) is 0 Å². The van der Waals surface area contributed by atoms with Gasteiger partial charge in [0.1, 0.15) is 0 Å². The van der Waals surface area contributed by atoms with Gasteiger partial charge < -0.3 is 10.8 Å². The lowest BCUT2D eigenvalue weighted by Gasteiger charge is -2.42. The standard InChI is InChI=1S/C12H22N2O3/c1-7-4-5-10(11(13)15)6-14(7)9(3)8(2)12(16)17/h7-10H,4-6H2,1-3H3,(H2,13,15)(H,16,17). The molecule has 4 atom stereocenters. The molecule has 1 heterocycles. The lowest BCUT2D eigenvalue weighted by molar-refractivity contribution is -0.144. The third kappa shape index (κ3) is 3.19. The molecule has 0 radical (unpaired) electrons. The van der Waals surface area contributed by atoms with Gasteiger partial charge >= 0.3 is 5.97 Å². The topological polar surface area (TPSA) is 83.6 Å². The van der Waals surface area contributed by atoms with Crippen LogP contribution in [0.15, 0.2) is 0 Å². The molecule has 1 aliphatic rings. The van der Waals surface area contributed by atoms with Crippen molar-refractivity contribution in [2.24, 2.45) is 17.6 Å². The number of hydrogen-bond acceptors (Lipinski definition) is 3. The summed E-state index contributed by atoms with van der Waals surface area (Å²) in [4.78, 5) is 24.3. The number of nitrogens with two attached hydrogens (primary N) is 1. The van der Waals surface area contributed by atoms with Gasteiger partial charge in [0.2, 0.25) is 5.91 Å². The van der Waals surface area contributed by atoms with Crippen molar-refractivity contribution in [1.82, 2.24) is 4.90 Å². The predicted molar refractivity (Wildman–Crippen MR) is 64.3 cm³/mol. The molecule has 0 aromatic rings. The highest BCUT2D eigenvalue weighted by atomic mass is 16.4. The van der Waals surface area contributed by atoms with Crippen LogP contribution >= 0.6 is 0 Å². The van der Waals surface area contributed by atoms with Crippen LogP contribution in [0.3, 0.4) is 0 Å². The Morgan fingerprint density at radius 1 is 1.35 bits per heavy atom. The Kier molecular flexibility index (Phi) is 4.51. The summed E-state index contributed by atoms with van der Waals surface area (Å²) in [5.74, 6) is -1.67. The quantitative estimate of drug-likeness (QED) is 0.759. The average Bonchev–Trinajstić information content (AvgIpc) is 2.27. The van der Waals surface area contributed by atoms with E-state index in [2.05, 4.69) is 11.8 Å². The number of aliphatic carboxylic acids is 1. The Balaban J connectivity index is 2.72. The summed E-state index contributed by atoms with van der Waals surface area (Å²) >= 11 is 0. The Morgan fingerprint density at radius 2 is 1.94 bits per heavy atom. The first-order valence-corrected chi connectivity index (χ1v) is 6.12. The summed E-state index contributed by atoms with van der Waals surface area (Å²) in [5, 5.41) is 9.03. The molecule has 5 nitrogen and oxygen atoms in total. The maximum Gasteiger partial charge on any atom is 0.307 e. The minimum atomic E-state index is -0.800. The van der Waals surface area contributed by atoms with E-state index in [4.69, 9.17) is 10.8 Å². The molecule has 1 amide bonds. The predicted octanol–water partition coefficient (Wildman–Crippen LogP) is 0.681. The van der Waals surface area contributed by atoms with E-state index in [0.717, 1.165) is 12.8 Å². The number of carbonyl (C=O) groups excluding carboxylic acids is 1. The van der Waals surface area contributed by atoms with Gasteiger partial charge in [-0.2, -0.15) is 0 Å². The average molecular weight is 242 g/mol. The molecule has 1 rings (SSSR count). The van der Waals surface area contributed by atoms with Gasteiger partial charge in [-0.25, -0.2) is 0 Å². The number of amides is 1. The fourth-order valence-electron chi connectivity index (χ4n) is 2.43. The number of hydrogen-bond donors (Lipinski definition) is 2. The van der Waals surface area contributed by atoms with Crippen LogP contribution in [0.1, 0.15) is 33.6 Å². The molecule has 1 saturated heterocycles. The lowest BCUT2D eigenvalue weighted by atomic mass is 9.89. The number of carbonyl (C=O) groups is 2. The highest BCUT2D eigenvalue weighted by Crippen LogP contribution is 2.26. The summed E-state index contributed by atoms with van der Waals surface area (Å²) in [5.41, 5.74) is 5.33. The van der Waals surface area contributed by atoms with E-state index in [9.17, 15) is 9.59 Å². The van der Waals surface area contributed by atoms with Gasteiger partial charge in [0.25, 0.3) is 0 Å². The molecule has 98 valence electrons. The number of piperidine rings is 1. The zero-order valence-corrected chi connectivity index (χ0v) is 10.7. The Labute approximate surface area is 102 Å². The van der Waals surface area contributed by atoms with Crippen molar-refractivity contribution in [3.8, 4) is 0 Å². The van der Waals surface area contributed by atoms with Crippen LogP contribution in [0.5, 0.6) is 0 Å². The van der Waals surface area contributed by atoms with E-state index in [1.807, 2.05) is 6.92 Å². The number of carboxylic acids is 1. The number of primary amides is 1. The van der Waals surface area contributed by atoms with Crippen LogP contribution in [-0.4, -0.2) is 40.5 Å². The molecule has 4 unspecified atom stereocenters. The number of nitrogens with zero attached hydrogens (tertiary/aromatic N) is 1. The minimum absolute atomic E-state index is 0.0790. The minimum Gasteiger partial charge on any atom is -0.481 e. The maximum absolute atomic E-state index is 11.2. The van der Waals surface area contributed by atoms with Crippen molar-refractivity contribution in [2.45, 2.75) is 45.7 Å². The van der Waals surface area contributed by atoms with Crippen LogP contribution in [0.2, 0.25) is 0 Å². The molecule has 3 N–H and O–H groups in total. The van der Waals surface area contributed by atoms with E-state index >= 15 is 0 Å². The second-order valence-corrected chi connectivity index (χ2v) is 5.09. The summed E-state index contributed by atoms with van der Waals surface area (Å²) < 4.78 is 0. The van der Waals surface area contributed by atoms with E-state index in [1.54, 1.807) is 6.92 Å². The highest BCUT2D eigenvalue weighted by molar-refractivity contribution is 5.77. The van der Waals surface area contributed by atoms with E-state index < -0.39 is 11.9 Å². The van der Waals surface area contributed by atoms with Gasteiger partial charge in [0, 0.05) is 18.6 Å². The molecular weight excluding hydrogens is 220 g/mol. The Morgan fingerprint density at radius 3 is 2.41 bits per heavy atom. The maximum atomic E-state index is 11.2. The fraction of sp³-hybridized carbons (Fsp3) is 0.833. The molecule has 1 fully saturated rings. The van der Waals surface area contributed by atoms with Crippen LogP contribution < -0.4 is 5.73 Å². The Bertz CT molecular complexity index is 294. The highest BCUT2D eigenvalue weighted by Gasteiger charge is 2.34. The molecule has 1 aliphatic heterocycles. The number of rotatable bonds is 4. The monoisotopic (exact) mass is 242 g/mol. The molecule has 0 bridgehead atoms. The molecule has 0 saturated carbocycles. The van der Waals surface area contributed by atoms with E-state index in [-0.39, 0.29) is 17.9 Å². The zero-order valence-electron chi connectivity index (χ0n) is 10.7. The first kappa shape index (κ1) is 14.0. The van der Waals surface area contributed by atoms with Gasteiger partial charge in [0.05, 0.1) is 11.8 Å². The second-order valence-electron chi connectivity index (χ2n) is 5.09. The molecule has 0 aromatic carbocycles. The van der Waals surface area contributed by atoms with Gasteiger partial charge in [-0.15, -0.1) is 0 Å². The van der Waals surface area contributed by atoms with Gasteiger partial charge in [-0.05, 0) is 26.7 Å². The third-order valence-corrected chi connectivity index (χ3v) is 3.97. The van der Waals surface area contributed by atoms with Crippen molar-refractivity contribution in [1.29, 1.82) is 0 Å². The van der Waals surface area contributed by atoms with Crippen molar-refractivity contribution >= 4 is 11.9 Å². The normalized spacial score (nSPS) is 29.6. The molecule has 0 spiro atoms.